The third-order valence-corrected chi connectivity index (χ3v) is 8.03. The number of hydrogen-bond acceptors (Lipinski definition) is 4. The van der Waals surface area contributed by atoms with E-state index in [-0.39, 0.29) is 31.4 Å². The number of halogens is 1. The fraction of sp³-hybridized carbons (Fsp3) is 0.630. The molecule has 35 heavy (non-hydrogen) atoms. The number of aromatic nitrogens is 1. The molecule has 1 aromatic carbocycles. The Balaban J connectivity index is 1.51. The Morgan fingerprint density at radius 3 is 2.74 bits per heavy atom. The number of nitrogens with one attached hydrogen (secondary N) is 1. The van der Waals surface area contributed by atoms with Gasteiger partial charge in [0.05, 0.1) is 12.6 Å². The minimum Gasteiger partial charge on any atom is -0.394 e. The third kappa shape index (κ3) is 5.54. The van der Waals surface area contributed by atoms with E-state index in [0.717, 1.165) is 49.8 Å². The van der Waals surface area contributed by atoms with Gasteiger partial charge in [-0.25, -0.2) is 4.39 Å². The van der Waals surface area contributed by atoms with Crippen molar-refractivity contribution in [2.24, 2.45) is 18.9 Å². The van der Waals surface area contributed by atoms with Crippen LogP contribution in [0.1, 0.15) is 53.7 Å². The number of benzene rings is 1. The number of amides is 2. The van der Waals surface area contributed by atoms with Crippen molar-refractivity contribution in [3.8, 4) is 0 Å². The van der Waals surface area contributed by atoms with Crippen molar-refractivity contribution in [1.82, 2.24) is 14.8 Å². The van der Waals surface area contributed by atoms with E-state index in [4.69, 9.17) is 4.74 Å². The first-order valence-corrected chi connectivity index (χ1v) is 12.8. The molecule has 0 radical (unpaired) electrons. The molecule has 2 N–H and O–H groups in total. The van der Waals surface area contributed by atoms with Gasteiger partial charge >= 0.3 is 0 Å². The molecule has 4 rings (SSSR count). The summed E-state index contributed by atoms with van der Waals surface area (Å²) < 4.78 is 20.1. The van der Waals surface area contributed by atoms with Crippen LogP contribution in [0.15, 0.2) is 18.2 Å². The van der Waals surface area contributed by atoms with Crippen LogP contribution in [-0.2, 0) is 29.4 Å². The summed E-state index contributed by atoms with van der Waals surface area (Å²) in [5.41, 5.74) is 4.46. The van der Waals surface area contributed by atoms with Crippen LogP contribution in [0.5, 0.6) is 0 Å². The molecule has 7 nitrogen and oxygen atoms in total. The second kappa shape index (κ2) is 11.5. The summed E-state index contributed by atoms with van der Waals surface area (Å²) in [4.78, 5) is 26.7. The highest BCUT2D eigenvalue weighted by molar-refractivity contribution is 5.99. The summed E-state index contributed by atoms with van der Waals surface area (Å²) in [6.07, 6.45) is 6.00. The van der Waals surface area contributed by atoms with E-state index in [9.17, 15) is 19.1 Å². The van der Waals surface area contributed by atoms with E-state index in [1.165, 1.54) is 22.6 Å². The molecular formula is C27H38FN3O4. The van der Waals surface area contributed by atoms with Gasteiger partial charge in [0.25, 0.3) is 5.91 Å². The highest BCUT2D eigenvalue weighted by Crippen LogP contribution is 2.39. The summed E-state index contributed by atoms with van der Waals surface area (Å²) in [6.45, 7) is 0.841. The number of fused-ring (bicyclic) bond motifs is 3. The fourth-order valence-corrected chi connectivity index (χ4v) is 5.88. The molecule has 2 amide bonds. The average molecular weight is 488 g/mol. The highest BCUT2D eigenvalue weighted by atomic mass is 19.1. The number of nitrogens with zero attached hydrogens (tertiary/aromatic N) is 2. The number of rotatable bonds is 9. The molecule has 1 aliphatic carbocycles. The quantitative estimate of drug-likeness (QED) is 0.570. The summed E-state index contributed by atoms with van der Waals surface area (Å²) in [5.74, 6) is 0.903. The minimum absolute atomic E-state index is 0.0197. The zero-order chi connectivity index (χ0) is 24.9. The standard InChI is InChI=1S/C27H38FN3O4/c1-30(21(17-32)5-8-26(33)29-12-11-28)27(34)20-4-7-25-23(16-20)22-15-19(3-6-24(22)31(25)2)18-9-13-35-14-10-18/h4,7,16,18-19,21,32H,3,5-6,8-15,17H2,1-2H3,(H,29,33). The number of likely N-dealkylation sites (N-methyl/N-ethyl adjacent to an activating group) is 1. The first kappa shape index (κ1) is 25.6. The Morgan fingerprint density at radius 1 is 1.26 bits per heavy atom. The van der Waals surface area contributed by atoms with Crippen molar-refractivity contribution in [3.05, 3.63) is 35.0 Å². The highest BCUT2D eigenvalue weighted by Gasteiger charge is 2.31. The van der Waals surface area contributed by atoms with Crippen molar-refractivity contribution in [3.63, 3.8) is 0 Å². The lowest BCUT2D eigenvalue weighted by Crippen LogP contribution is -2.40. The SMILES string of the molecule is CN(C(=O)c1ccc2c(c1)c1c(n2C)CCC(C2CCOCC2)C1)C(CO)CCC(=O)NCCF. The Bertz CT molecular complexity index is 1050. The molecule has 0 saturated carbocycles. The maximum absolute atomic E-state index is 13.3. The normalized spacial score (nSPS) is 19.4. The first-order chi connectivity index (χ1) is 16.9. The smallest absolute Gasteiger partial charge is 0.253 e. The van der Waals surface area contributed by atoms with Crippen molar-refractivity contribution in [2.75, 3.05) is 40.1 Å². The van der Waals surface area contributed by atoms with Gasteiger partial charge in [0.15, 0.2) is 0 Å². The van der Waals surface area contributed by atoms with E-state index in [0.29, 0.717) is 23.8 Å². The summed E-state index contributed by atoms with van der Waals surface area (Å²) in [7, 11) is 3.77. The molecule has 1 saturated heterocycles. The lowest BCUT2D eigenvalue weighted by atomic mass is 9.75. The number of aliphatic hydroxyl groups is 1. The summed E-state index contributed by atoms with van der Waals surface area (Å²) in [6, 6.07) is 5.39. The average Bonchev–Trinajstić information content (AvgIpc) is 3.18. The third-order valence-electron chi connectivity index (χ3n) is 8.03. The van der Waals surface area contributed by atoms with Crippen LogP contribution in [0.25, 0.3) is 10.9 Å². The van der Waals surface area contributed by atoms with Crippen molar-refractivity contribution < 1.29 is 23.8 Å². The number of alkyl halides is 1. The van der Waals surface area contributed by atoms with Gasteiger partial charge in [-0.2, -0.15) is 0 Å². The molecule has 0 bridgehead atoms. The van der Waals surface area contributed by atoms with Gasteiger partial charge in [-0.1, -0.05) is 0 Å². The predicted octanol–water partition coefficient (Wildman–Crippen LogP) is 3.01. The Hall–Kier alpha value is -2.45. The first-order valence-electron chi connectivity index (χ1n) is 12.8. The lowest BCUT2D eigenvalue weighted by Gasteiger charge is -2.33. The Labute approximate surface area is 206 Å². The number of aryl methyl sites for hydroxylation is 1. The molecule has 8 heteroatoms. The summed E-state index contributed by atoms with van der Waals surface area (Å²) in [5, 5.41) is 13.5. The monoisotopic (exact) mass is 487 g/mol. The van der Waals surface area contributed by atoms with Crippen molar-refractivity contribution in [1.29, 1.82) is 0 Å². The van der Waals surface area contributed by atoms with Crippen LogP contribution < -0.4 is 5.32 Å². The zero-order valence-electron chi connectivity index (χ0n) is 20.9. The molecule has 2 atom stereocenters. The van der Waals surface area contributed by atoms with E-state index in [2.05, 4.69) is 16.9 Å². The summed E-state index contributed by atoms with van der Waals surface area (Å²) >= 11 is 0. The van der Waals surface area contributed by atoms with Gasteiger partial charge < -0.3 is 24.6 Å². The van der Waals surface area contributed by atoms with Gasteiger partial charge in [0.1, 0.15) is 6.67 Å². The minimum atomic E-state index is -0.616. The number of aliphatic hydroxyl groups excluding tert-OH is 1. The molecule has 2 aromatic rings. The van der Waals surface area contributed by atoms with Crippen molar-refractivity contribution >= 4 is 22.7 Å². The zero-order valence-corrected chi connectivity index (χ0v) is 20.9. The Morgan fingerprint density at radius 2 is 2.03 bits per heavy atom. The molecule has 2 heterocycles. The van der Waals surface area contributed by atoms with Crippen LogP contribution in [0, 0.1) is 11.8 Å². The van der Waals surface area contributed by atoms with Crippen molar-refractivity contribution in [2.45, 2.75) is 51.0 Å². The van der Waals surface area contributed by atoms with Crippen LogP contribution in [0.2, 0.25) is 0 Å². The molecule has 1 fully saturated rings. The second-order valence-electron chi connectivity index (χ2n) is 10.00. The lowest BCUT2D eigenvalue weighted by molar-refractivity contribution is -0.121. The largest absolute Gasteiger partial charge is 0.394 e. The van der Waals surface area contributed by atoms with E-state index in [1.807, 2.05) is 18.2 Å². The Kier molecular flexibility index (Phi) is 8.44. The van der Waals surface area contributed by atoms with E-state index in [1.54, 1.807) is 7.05 Å². The van der Waals surface area contributed by atoms with Gasteiger partial charge in [-0.05, 0) is 74.1 Å². The van der Waals surface area contributed by atoms with Crippen LogP contribution >= 0.6 is 0 Å². The van der Waals surface area contributed by atoms with Gasteiger partial charge in [0, 0.05) is 62.4 Å². The maximum atomic E-state index is 13.3. The number of carbonyl (C=O) groups is 2. The van der Waals surface area contributed by atoms with E-state index < -0.39 is 12.7 Å². The van der Waals surface area contributed by atoms with Crippen LogP contribution in [-0.4, -0.2) is 72.5 Å². The maximum Gasteiger partial charge on any atom is 0.253 e. The number of ether oxygens (including phenoxy) is 1. The fourth-order valence-electron chi connectivity index (χ4n) is 5.88. The molecule has 2 aliphatic rings. The van der Waals surface area contributed by atoms with E-state index >= 15 is 0 Å². The van der Waals surface area contributed by atoms with Gasteiger partial charge in [-0.3, -0.25) is 9.59 Å². The van der Waals surface area contributed by atoms with Gasteiger partial charge in [0.2, 0.25) is 5.91 Å². The number of hydrogen-bond donors (Lipinski definition) is 2. The predicted molar refractivity (Wildman–Crippen MR) is 133 cm³/mol. The molecule has 1 aliphatic heterocycles. The van der Waals surface area contributed by atoms with Gasteiger partial charge in [-0.15, -0.1) is 0 Å². The molecule has 0 spiro atoms. The second-order valence-corrected chi connectivity index (χ2v) is 10.00. The number of carbonyl (C=O) groups excluding carboxylic acids is 2. The van der Waals surface area contributed by atoms with Crippen LogP contribution in [0.3, 0.4) is 0 Å². The molecule has 192 valence electrons. The molecular weight excluding hydrogens is 449 g/mol. The topological polar surface area (TPSA) is 83.8 Å². The molecule has 2 unspecified atom stereocenters. The van der Waals surface area contributed by atoms with Crippen LogP contribution in [0.4, 0.5) is 4.39 Å². The molecule has 1 aromatic heterocycles.